The largest absolute Gasteiger partial charge is 0.494 e. The Bertz CT molecular complexity index is 604. The van der Waals surface area contributed by atoms with Gasteiger partial charge in [0.25, 0.3) is 0 Å². The van der Waals surface area contributed by atoms with Gasteiger partial charge in [-0.2, -0.15) is 0 Å². The topological polar surface area (TPSA) is 41.9 Å². The molecule has 4 nitrogen and oxygen atoms in total. The summed E-state index contributed by atoms with van der Waals surface area (Å²) < 4.78 is 5.82. The van der Waals surface area contributed by atoms with E-state index in [0.717, 1.165) is 42.6 Å². The molecule has 0 radical (unpaired) electrons. The second-order valence-electron chi connectivity index (χ2n) is 6.25. The zero-order valence-electron chi connectivity index (χ0n) is 13.7. The maximum atomic E-state index is 11.1. The number of ether oxygens (including phenoxy) is 1. The van der Waals surface area contributed by atoms with Gasteiger partial charge in [0.1, 0.15) is 12.3 Å². The Kier molecular flexibility index (Phi) is 5.23. The molecule has 0 aromatic heterocycles. The number of hydrogen-bond donors (Lipinski definition) is 0. The van der Waals surface area contributed by atoms with E-state index in [-0.39, 0.29) is 12.3 Å². The Balaban J connectivity index is 1.44. The summed E-state index contributed by atoms with van der Waals surface area (Å²) in [6, 6.07) is 8.67. The van der Waals surface area contributed by atoms with Gasteiger partial charge in [-0.05, 0) is 74.7 Å². The van der Waals surface area contributed by atoms with Crippen LogP contribution in [0.15, 0.2) is 41.4 Å². The maximum Gasteiger partial charge on any atom is 0.177 e. The molecule has 122 valence electrons. The first kappa shape index (κ1) is 15.9. The lowest BCUT2D eigenvalue weighted by Gasteiger charge is -2.20. The predicted molar refractivity (Wildman–Crippen MR) is 92.4 cm³/mol. The van der Waals surface area contributed by atoms with E-state index < -0.39 is 0 Å². The fourth-order valence-electron chi connectivity index (χ4n) is 3.13. The average Bonchev–Trinajstić information content (AvgIpc) is 2.98. The van der Waals surface area contributed by atoms with E-state index >= 15 is 0 Å². The third-order valence-electron chi connectivity index (χ3n) is 4.53. The predicted octanol–water partition coefficient (Wildman–Crippen LogP) is 2.87. The third kappa shape index (κ3) is 4.29. The molecule has 2 aliphatic heterocycles. The lowest BCUT2D eigenvalue weighted by Crippen LogP contribution is -2.28. The van der Waals surface area contributed by atoms with Crippen LogP contribution in [0, 0.1) is 0 Å². The molecule has 1 fully saturated rings. The van der Waals surface area contributed by atoms with Crippen molar-refractivity contribution in [2.75, 3.05) is 26.2 Å². The number of nitrogens with zero attached hydrogens (tertiary/aromatic N) is 2. The van der Waals surface area contributed by atoms with Crippen molar-refractivity contribution in [3.63, 3.8) is 0 Å². The molecular formula is C19H24N2O2. The Morgan fingerprint density at radius 2 is 2.09 bits per heavy atom. The second kappa shape index (κ2) is 7.55. The summed E-state index contributed by atoms with van der Waals surface area (Å²) in [5.41, 5.74) is 1.88. The highest BCUT2D eigenvalue weighted by molar-refractivity contribution is 6.14. The first-order valence-corrected chi connectivity index (χ1v) is 8.45. The summed E-state index contributed by atoms with van der Waals surface area (Å²) in [4.78, 5) is 18.0. The van der Waals surface area contributed by atoms with Crippen LogP contribution in [0.4, 0.5) is 0 Å². The van der Waals surface area contributed by atoms with Crippen LogP contribution in [-0.2, 0) is 4.79 Å². The molecule has 4 heteroatoms. The van der Waals surface area contributed by atoms with E-state index in [4.69, 9.17) is 4.74 Å². The fourth-order valence-corrected chi connectivity index (χ4v) is 3.13. The van der Waals surface area contributed by atoms with Crippen molar-refractivity contribution in [1.82, 2.24) is 4.90 Å². The SMILES string of the molecule is CC1CCCN1CCCOc1ccc(C2=NCC(=O)C=C2)cc1. The van der Waals surface area contributed by atoms with Crippen molar-refractivity contribution in [2.24, 2.45) is 4.99 Å². The summed E-state index contributed by atoms with van der Waals surface area (Å²) in [6.45, 7) is 5.66. The Morgan fingerprint density at radius 1 is 1.26 bits per heavy atom. The summed E-state index contributed by atoms with van der Waals surface area (Å²) in [6.07, 6.45) is 7.08. The lowest BCUT2D eigenvalue weighted by atomic mass is 10.1. The fraction of sp³-hybridized carbons (Fsp3) is 0.474. The molecule has 2 aliphatic rings. The molecule has 3 rings (SSSR count). The molecule has 1 unspecified atom stereocenters. The molecule has 0 bridgehead atoms. The van der Waals surface area contributed by atoms with Crippen LogP contribution in [0.25, 0.3) is 0 Å². The molecule has 0 spiro atoms. The number of hydrogen-bond acceptors (Lipinski definition) is 4. The smallest absolute Gasteiger partial charge is 0.177 e. The van der Waals surface area contributed by atoms with Crippen LogP contribution in [0.2, 0.25) is 0 Å². The quantitative estimate of drug-likeness (QED) is 0.759. The lowest BCUT2D eigenvalue weighted by molar-refractivity contribution is -0.113. The first-order chi connectivity index (χ1) is 11.2. The van der Waals surface area contributed by atoms with Gasteiger partial charge in [-0.3, -0.25) is 9.79 Å². The minimum Gasteiger partial charge on any atom is -0.494 e. The minimum absolute atomic E-state index is 0.0565. The number of rotatable bonds is 6. The summed E-state index contributed by atoms with van der Waals surface area (Å²) in [5.74, 6) is 0.945. The Hall–Kier alpha value is -1.94. The molecule has 0 N–H and O–H groups in total. The van der Waals surface area contributed by atoms with Crippen LogP contribution in [-0.4, -0.2) is 48.7 Å². The number of benzene rings is 1. The molecule has 1 aromatic carbocycles. The molecule has 0 saturated carbocycles. The van der Waals surface area contributed by atoms with Crippen molar-refractivity contribution in [2.45, 2.75) is 32.2 Å². The monoisotopic (exact) mass is 312 g/mol. The van der Waals surface area contributed by atoms with Crippen LogP contribution in [0.5, 0.6) is 5.75 Å². The third-order valence-corrected chi connectivity index (χ3v) is 4.53. The van der Waals surface area contributed by atoms with Crippen LogP contribution in [0.1, 0.15) is 31.7 Å². The van der Waals surface area contributed by atoms with Gasteiger partial charge in [-0.25, -0.2) is 0 Å². The van der Waals surface area contributed by atoms with E-state index in [1.807, 2.05) is 24.3 Å². The van der Waals surface area contributed by atoms with E-state index in [1.165, 1.54) is 19.4 Å². The molecule has 1 aromatic rings. The second-order valence-corrected chi connectivity index (χ2v) is 6.25. The number of dihydropyridines is 1. The standard InChI is InChI=1S/C19H24N2O2/c1-15-4-2-11-21(15)12-3-13-23-18-8-5-16(6-9-18)19-10-7-17(22)14-20-19/h5-10,15H,2-4,11-14H2,1H3. The maximum absolute atomic E-state index is 11.1. The zero-order chi connectivity index (χ0) is 16.1. The van der Waals surface area contributed by atoms with Gasteiger partial charge in [0.15, 0.2) is 5.78 Å². The van der Waals surface area contributed by atoms with Gasteiger partial charge >= 0.3 is 0 Å². The van der Waals surface area contributed by atoms with Crippen molar-refractivity contribution >= 4 is 11.5 Å². The number of aliphatic imine (C=N–C) groups is 1. The Labute approximate surface area is 137 Å². The number of ketones is 1. The number of likely N-dealkylation sites (tertiary alicyclic amines) is 1. The molecular weight excluding hydrogens is 288 g/mol. The minimum atomic E-state index is 0.0565. The molecule has 1 atom stereocenters. The normalized spacial score (nSPS) is 21.5. The van der Waals surface area contributed by atoms with Crippen LogP contribution in [0.3, 0.4) is 0 Å². The highest BCUT2D eigenvalue weighted by Crippen LogP contribution is 2.17. The van der Waals surface area contributed by atoms with Gasteiger partial charge in [0.2, 0.25) is 0 Å². The van der Waals surface area contributed by atoms with Gasteiger partial charge in [-0.15, -0.1) is 0 Å². The van der Waals surface area contributed by atoms with E-state index in [0.29, 0.717) is 0 Å². The van der Waals surface area contributed by atoms with Gasteiger partial charge in [0, 0.05) is 12.6 Å². The average molecular weight is 312 g/mol. The van der Waals surface area contributed by atoms with E-state index in [9.17, 15) is 4.79 Å². The molecule has 23 heavy (non-hydrogen) atoms. The van der Waals surface area contributed by atoms with Crippen molar-refractivity contribution in [3.8, 4) is 5.75 Å². The van der Waals surface area contributed by atoms with E-state index in [1.54, 1.807) is 12.2 Å². The molecule has 2 heterocycles. The van der Waals surface area contributed by atoms with Crippen molar-refractivity contribution in [3.05, 3.63) is 42.0 Å². The molecule has 0 amide bonds. The van der Waals surface area contributed by atoms with Crippen LogP contribution < -0.4 is 4.74 Å². The van der Waals surface area contributed by atoms with Gasteiger partial charge in [-0.1, -0.05) is 0 Å². The molecule has 0 aliphatic carbocycles. The van der Waals surface area contributed by atoms with Gasteiger partial charge < -0.3 is 9.64 Å². The summed E-state index contributed by atoms with van der Waals surface area (Å²) >= 11 is 0. The van der Waals surface area contributed by atoms with Crippen molar-refractivity contribution in [1.29, 1.82) is 0 Å². The zero-order valence-corrected chi connectivity index (χ0v) is 13.7. The number of allylic oxidation sites excluding steroid dienone is 1. The molecule has 1 saturated heterocycles. The van der Waals surface area contributed by atoms with Crippen LogP contribution >= 0.6 is 0 Å². The highest BCUT2D eigenvalue weighted by Gasteiger charge is 2.19. The van der Waals surface area contributed by atoms with Crippen molar-refractivity contribution < 1.29 is 9.53 Å². The number of carbonyl (C=O) groups excluding carboxylic acids is 1. The Morgan fingerprint density at radius 3 is 2.74 bits per heavy atom. The number of carbonyl (C=O) groups is 1. The van der Waals surface area contributed by atoms with E-state index in [2.05, 4.69) is 16.8 Å². The highest BCUT2D eigenvalue weighted by atomic mass is 16.5. The first-order valence-electron chi connectivity index (χ1n) is 8.45. The summed E-state index contributed by atoms with van der Waals surface area (Å²) in [7, 11) is 0. The van der Waals surface area contributed by atoms with Gasteiger partial charge in [0.05, 0.1) is 12.3 Å². The summed E-state index contributed by atoms with van der Waals surface area (Å²) in [5, 5.41) is 0.